The van der Waals surface area contributed by atoms with Crippen LogP contribution in [-0.2, 0) is 9.59 Å². The minimum atomic E-state index is -0.674. The van der Waals surface area contributed by atoms with Crippen LogP contribution in [0.5, 0.6) is 0 Å². The van der Waals surface area contributed by atoms with E-state index >= 15 is 0 Å². The van der Waals surface area contributed by atoms with Gasteiger partial charge in [-0.25, -0.2) is 0 Å². The molecular weight excluding hydrogens is 500 g/mol. The fourth-order valence-electron chi connectivity index (χ4n) is 3.40. The lowest BCUT2D eigenvalue weighted by molar-refractivity contribution is -0.117. The molecule has 4 rings (SSSR count). The number of carbonyl (C=O) groups is 2. The highest BCUT2D eigenvalue weighted by atomic mass is 35.5. The van der Waals surface area contributed by atoms with Crippen molar-refractivity contribution in [2.24, 2.45) is 11.5 Å². The lowest BCUT2D eigenvalue weighted by Gasteiger charge is -2.14. The van der Waals surface area contributed by atoms with Crippen LogP contribution in [0, 0.1) is 0 Å². The lowest BCUT2D eigenvalue weighted by atomic mass is 10.1. The van der Waals surface area contributed by atoms with Crippen molar-refractivity contribution in [2.75, 3.05) is 22.1 Å². The first-order chi connectivity index (χ1) is 16.5. The van der Waals surface area contributed by atoms with Gasteiger partial charge < -0.3 is 22.1 Å². The summed E-state index contributed by atoms with van der Waals surface area (Å²) in [7, 11) is 2.86. The maximum Gasteiger partial charge on any atom is 0.242 e. The zero-order valence-electron chi connectivity index (χ0n) is 18.8. The van der Waals surface area contributed by atoms with E-state index in [-0.39, 0.29) is 24.2 Å². The van der Waals surface area contributed by atoms with Gasteiger partial charge in [-0.1, -0.05) is 82.3 Å². The topological polar surface area (TPSA) is 110 Å². The minimum Gasteiger partial charge on any atom is -0.325 e. The highest BCUT2D eigenvalue weighted by molar-refractivity contribution is 8.76. The van der Waals surface area contributed by atoms with E-state index in [9.17, 15) is 9.59 Å². The average molecular weight is 527 g/mol. The van der Waals surface area contributed by atoms with Gasteiger partial charge in [0.25, 0.3) is 0 Å². The summed E-state index contributed by atoms with van der Waals surface area (Å²) >= 11 is 0. The minimum absolute atomic E-state index is 0. The van der Waals surface area contributed by atoms with Gasteiger partial charge in [0, 0.05) is 22.9 Å². The van der Waals surface area contributed by atoms with Crippen molar-refractivity contribution in [2.45, 2.75) is 12.1 Å². The van der Waals surface area contributed by atoms with Gasteiger partial charge in [-0.05, 0) is 45.8 Å². The summed E-state index contributed by atoms with van der Waals surface area (Å²) in [4.78, 5) is 24.9. The van der Waals surface area contributed by atoms with Crippen LogP contribution in [0.15, 0.2) is 84.9 Å². The molecule has 0 aromatic heterocycles. The number of nitrogens with one attached hydrogen (secondary N) is 2. The van der Waals surface area contributed by atoms with Gasteiger partial charge in [0.05, 0.1) is 12.1 Å². The third-order valence-corrected chi connectivity index (χ3v) is 7.76. The van der Waals surface area contributed by atoms with Crippen molar-refractivity contribution in [3.63, 3.8) is 0 Å². The molecule has 2 amide bonds. The van der Waals surface area contributed by atoms with E-state index in [1.54, 1.807) is 0 Å². The van der Waals surface area contributed by atoms with Crippen LogP contribution in [0.2, 0.25) is 0 Å². The summed E-state index contributed by atoms with van der Waals surface area (Å²) in [6.07, 6.45) is 0. The summed E-state index contributed by atoms with van der Waals surface area (Å²) in [5, 5.41) is 10.1. The van der Waals surface area contributed by atoms with Crippen molar-refractivity contribution >= 4 is 78.7 Å². The number of amides is 2. The molecule has 182 valence electrons. The third-order valence-electron chi connectivity index (χ3n) is 5.29. The van der Waals surface area contributed by atoms with Gasteiger partial charge in [-0.3, -0.25) is 9.59 Å². The molecule has 0 fully saturated rings. The molecule has 9 heteroatoms. The Hall–Kier alpha value is -2.75. The number of anilines is 2. The van der Waals surface area contributed by atoms with E-state index in [1.165, 1.54) is 21.6 Å². The van der Waals surface area contributed by atoms with E-state index in [2.05, 4.69) is 10.6 Å². The van der Waals surface area contributed by atoms with Crippen LogP contribution >= 0.6 is 34.0 Å². The largest absolute Gasteiger partial charge is 0.325 e. The Bertz CT molecular complexity index is 1220. The van der Waals surface area contributed by atoms with Gasteiger partial charge in [-0.15, -0.1) is 12.4 Å². The first-order valence-corrected chi connectivity index (χ1v) is 13.3. The summed E-state index contributed by atoms with van der Waals surface area (Å²) in [5.74, 6) is 0.315. The molecule has 4 aromatic rings. The van der Waals surface area contributed by atoms with Crippen molar-refractivity contribution in [3.8, 4) is 0 Å². The summed E-state index contributed by atoms with van der Waals surface area (Å²) in [6, 6.07) is 26.1. The van der Waals surface area contributed by atoms with Crippen molar-refractivity contribution in [3.05, 3.63) is 84.9 Å². The molecule has 4 aromatic carbocycles. The average Bonchev–Trinajstić information content (AvgIpc) is 2.86. The Balaban J connectivity index is 0.00000342. The summed E-state index contributed by atoms with van der Waals surface area (Å²) in [5.41, 5.74) is 13.5. The molecule has 0 aliphatic rings. The van der Waals surface area contributed by atoms with Crippen LogP contribution < -0.4 is 22.1 Å². The molecule has 35 heavy (non-hydrogen) atoms. The van der Waals surface area contributed by atoms with Crippen LogP contribution in [0.1, 0.15) is 0 Å². The van der Waals surface area contributed by atoms with E-state index in [0.29, 0.717) is 22.9 Å². The molecule has 0 saturated carbocycles. The lowest BCUT2D eigenvalue weighted by Crippen LogP contribution is -2.38. The van der Waals surface area contributed by atoms with Crippen LogP contribution in [-0.4, -0.2) is 35.4 Å². The molecule has 0 radical (unpaired) electrons. The van der Waals surface area contributed by atoms with Crippen molar-refractivity contribution < 1.29 is 9.59 Å². The summed E-state index contributed by atoms with van der Waals surface area (Å²) < 4.78 is 0. The number of hydrogen-bond acceptors (Lipinski definition) is 6. The van der Waals surface area contributed by atoms with E-state index < -0.39 is 12.1 Å². The Kier molecular flexibility index (Phi) is 9.83. The number of carbonyl (C=O) groups excluding carboxylic acids is 2. The number of fused-ring (bicyclic) bond motifs is 2. The Labute approximate surface area is 218 Å². The van der Waals surface area contributed by atoms with E-state index in [0.717, 1.165) is 21.5 Å². The molecule has 0 bridgehead atoms. The highest BCUT2D eigenvalue weighted by Crippen LogP contribution is 2.24. The number of rotatable bonds is 9. The SMILES string of the molecule is Cl.NC(CSSCC(N)C(=O)Nc1ccc2ccccc2c1)C(=O)Nc1ccc2ccccc2c1. The molecule has 0 spiro atoms. The van der Waals surface area contributed by atoms with E-state index in [4.69, 9.17) is 11.5 Å². The smallest absolute Gasteiger partial charge is 0.242 e. The van der Waals surface area contributed by atoms with Gasteiger partial charge >= 0.3 is 0 Å². The van der Waals surface area contributed by atoms with E-state index in [1.807, 2.05) is 84.9 Å². The molecule has 6 N–H and O–H groups in total. The predicted octanol–water partition coefficient (Wildman–Crippen LogP) is 5.03. The number of halogens is 1. The Morgan fingerprint density at radius 2 is 1.00 bits per heavy atom. The van der Waals surface area contributed by atoms with Gasteiger partial charge in [0.15, 0.2) is 0 Å². The fourth-order valence-corrected chi connectivity index (χ4v) is 5.64. The maximum absolute atomic E-state index is 12.4. The number of benzene rings is 4. The second kappa shape index (κ2) is 12.8. The molecule has 0 heterocycles. The van der Waals surface area contributed by atoms with Gasteiger partial charge in [0.2, 0.25) is 11.8 Å². The quantitative estimate of drug-likeness (QED) is 0.180. The number of hydrogen-bond donors (Lipinski definition) is 4. The van der Waals surface area contributed by atoms with Gasteiger partial charge in [0.1, 0.15) is 0 Å². The third kappa shape index (κ3) is 7.37. The fraction of sp³-hybridized carbons (Fsp3) is 0.154. The Morgan fingerprint density at radius 3 is 1.40 bits per heavy atom. The molecular formula is C26H27ClN4O2S2. The monoisotopic (exact) mass is 526 g/mol. The highest BCUT2D eigenvalue weighted by Gasteiger charge is 2.17. The summed E-state index contributed by atoms with van der Waals surface area (Å²) in [6.45, 7) is 0. The van der Waals surface area contributed by atoms with Crippen molar-refractivity contribution in [1.82, 2.24) is 0 Å². The first-order valence-electron chi connectivity index (χ1n) is 10.8. The normalized spacial score (nSPS) is 12.5. The van der Waals surface area contributed by atoms with Gasteiger partial charge in [-0.2, -0.15) is 0 Å². The molecule has 0 saturated heterocycles. The second-order valence-electron chi connectivity index (χ2n) is 7.88. The zero-order chi connectivity index (χ0) is 23.9. The second-order valence-corrected chi connectivity index (χ2v) is 10.4. The molecule has 2 atom stereocenters. The molecule has 2 unspecified atom stereocenters. The zero-order valence-corrected chi connectivity index (χ0v) is 21.3. The van der Waals surface area contributed by atoms with Crippen LogP contribution in [0.4, 0.5) is 11.4 Å². The maximum atomic E-state index is 12.4. The molecule has 6 nitrogen and oxygen atoms in total. The Morgan fingerprint density at radius 1 is 0.629 bits per heavy atom. The first kappa shape index (κ1) is 26.8. The number of nitrogens with two attached hydrogens (primary N) is 2. The molecule has 0 aliphatic carbocycles. The standard InChI is InChI=1S/C26H26N4O2S2.ClH/c27-23(25(31)29-21-11-9-17-5-1-3-7-19(17)13-21)15-33-34-16-24(28)26(32)30-22-12-10-18-6-2-4-8-20(18)14-22;/h1-14,23-24H,15-16,27-28H2,(H,29,31)(H,30,32);1H. The van der Waals surface area contributed by atoms with Crippen molar-refractivity contribution in [1.29, 1.82) is 0 Å². The predicted molar refractivity (Wildman–Crippen MR) is 153 cm³/mol. The van der Waals surface area contributed by atoms with Crippen LogP contribution in [0.3, 0.4) is 0 Å². The van der Waals surface area contributed by atoms with Crippen LogP contribution in [0.25, 0.3) is 21.5 Å². The molecule has 0 aliphatic heterocycles.